The zero-order valence-electron chi connectivity index (χ0n) is 20.3. The molecule has 3 atom stereocenters. The summed E-state index contributed by atoms with van der Waals surface area (Å²) >= 11 is 7.42. The van der Waals surface area contributed by atoms with E-state index >= 15 is 0 Å². The number of fused-ring (bicyclic) bond motifs is 1. The van der Waals surface area contributed by atoms with E-state index in [2.05, 4.69) is 14.4 Å². The Morgan fingerprint density at radius 3 is 2.76 bits per heavy atom. The van der Waals surface area contributed by atoms with Gasteiger partial charge in [-0.2, -0.15) is 8.42 Å². The van der Waals surface area contributed by atoms with Crippen molar-refractivity contribution in [1.82, 2.24) is 14.9 Å². The summed E-state index contributed by atoms with van der Waals surface area (Å²) < 4.78 is 69.3. The lowest BCUT2D eigenvalue weighted by Gasteiger charge is -2.44. The number of carbonyl (C=O) groups is 1. The SMILES string of the molecule is CS(=O)(=O)NCC1CSC2=C1S(=O)(=O)N=C(C1=C(O)C3CCCCC3N(Cc3ccc(F)cc3Cl)C1=O)N2. The van der Waals surface area contributed by atoms with Crippen molar-refractivity contribution in [3.63, 3.8) is 0 Å². The first-order valence-corrected chi connectivity index (χ1v) is 16.7. The Kier molecular flexibility index (Phi) is 7.31. The molecule has 0 aromatic heterocycles. The fraction of sp³-hybridized carbons (Fsp3) is 0.478. The van der Waals surface area contributed by atoms with Gasteiger partial charge in [0.2, 0.25) is 10.0 Å². The number of hydrogen-bond donors (Lipinski definition) is 3. The van der Waals surface area contributed by atoms with Crippen LogP contribution in [0.25, 0.3) is 0 Å². The van der Waals surface area contributed by atoms with Crippen molar-refractivity contribution in [2.45, 2.75) is 38.3 Å². The van der Waals surface area contributed by atoms with E-state index in [9.17, 15) is 31.1 Å². The number of amides is 1. The third kappa shape index (κ3) is 5.20. The molecule has 10 nitrogen and oxygen atoms in total. The number of rotatable bonds is 6. The Morgan fingerprint density at radius 2 is 2.05 bits per heavy atom. The number of benzene rings is 1. The second kappa shape index (κ2) is 10.1. The Morgan fingerprint density at radius 1 is 1.32 bits per heavy atom. The van der Waals surface area contributed by atoms with Gasteiger partial charge >= 0.3 is 0 Å². The van der Waals surface area contributed by atoms with Gasteiger partial charge in [-0.25, -0.2) is 17.5 Å². The molecule has 1 aromatic rings. The van der Waals surface area contributed by atoms with Crippen LogP contribution in [0.5, 0.6) is 0 Å². The number of carbonyl (C=O) groups excluding carboxylic acids is 1. The molecule has 3 unspecified atom stereocenters. The van der Waals surface area contributed by atoms with Crippen LogP contribution in [0.1, 0.15) is 31.2 Å². The Balaban J connectivity index is 1.49. The highest BCUT2D eigenvalue weighted by atomic mass is 35.5. The maximum absolute atomic E-state index is 13.8. The van der Waals surface area contributed by atoms with Crippen LogP contribution in [0.2, 0.25) is 5.02 Å². The normalized spacial score (nSPS) is 27.1. The molecule has 4 aliphatic rings. The Bertz CT molecular complexity index is 1510. The zero-order chi connectivity index (χ0) is 27.4. The molecule has 1 aromatic carbocycles. The van der Waals surface area contributed by atoms with Crippen molar-refractivity contribution >= 4 is 55.2 Å². The number of thioether (sulfide) groups is 1. The first-order valence-electron chi connectivity index (χ1n) is 12.0. The zero-order valence-corrected chi connectivity index (χ0v) is 23.5. The molecule has 0 radical (unpaired) electrons. The van der Waals surface area contributed by atoms with Crippen molar-refractivity contribution in [1.29, 1.82) is 0 Å². The van der Waals surface area contributed by atoms with Crippen LogP contribution in [0.15, 0.2) is 43.9 Å². The summed E-state index contributed by atoms with van der Waals surface area (Å²) in [5.41, 5.74) is 0.301. The number of aliphatic hydroxyl groups is 1. The van der Waals surface area contributed by atoms with E-state index < -0.39 is 43.6 Å². The maximum Gasteiger partial charge on any atom is 0.283 e. The highest BCUT2D eigenvalue weighted by Crippen LogP contribution is 2.43. The number of hydrogen-bond acceptors (Lipinski definition) is 8. The minimum absolute atomic E-state index is 0.0451. The highest BCUT2D eigenvalue weighted by Gasteiger charge is 2.47. The molecule has 3 heterocycles. The fourth-order valence-electron chi connectivity index (χ4n) is 5.39. The first kappa shape index (κ1) is 27.4. The highest BCUT2D eigenvalue weighted by molar-refractivity contribution is 8.05. The minimum atomic E-state index is -4.27. The monoisotopic (exact) mass is 604 g/mol. The third-order valence-corrected chi connectivity index (χ3v) is 11.0. The van der Waals surface area contributed by atoms with Gasteiger partial charge in [0.25, 0.3) is 15.9 Å². The molecule has 1 saturated carbocycles. The predicted molar refractivity (Wildman–Crippen MR) is 143 cm³/mol. The van der Waals surface area contributed by atoms with Crippen molar-refractivity contribution in [2.75, 3.05) is 18.6 Å². The number of halogens is 2. The van der Waals surface area contributed by atoms with Gasteiger partial charge in [0, 0.05) is 41.7 Å². The molecule has 1 amide bonds. The lowest BCUT2D eigenvalue weighted by molar-refractivity contribution is -0.133. The molecule has 0 bridgehead atoms. The molecule has 1 fully saturated rings. The standard InChI is InChI=1S/C23H26ClFN4O6S3/c1-37(32,33)26-9-13-11-36-22-20(13)38(34,35)28-21(27-22)18-19(30)15-4-2-3-5-17(15)29(23(18)31)10-12-6-7-14(25)8-16(12)24/h6-8,13,15,17,26,30H,2-5,9-11H2,1H3,(H,27,28). The molecule has 0 spiro atoms. The molecule has 1 aliphatic carbocycles. The van der Waals surface area contributed by atoms with E-state index in [0.29, 0.717) is 24.2 Å². The van der Waals surface area contributed by atoms with Crippen molar-refractivity contribution in [2.24, 2.45) is 16.2 Å². The van der Waals surface area contributed by atoms with Crippen LogP contribution < -0.4 is 10.0 Å². The molecule has 0 saturated heterocycles. The van der Waals surface area contributed by atoms with Crippen LogP contribution >= 0.6 is 23.4 Å². The second-order valence-corrected chi connectivity index (χ2v) is 14.6. The molecule has 38 heavy (non-hydrogen) atoms. The van der Waals surface area contributed by atoms with E-state index in [1.807, 2.05) is 0 Å². The van der Waals surface area contributed by atoms with Gasteiger partial charge in [-0.05, 0) is 30.5 Å². The van der Waals surface area contributed by atoms with E-state index in [0.717, 1.165) is 25.2 Å². The summed E-state index contributed by atoms with van der Waals surface area (Å²) in [5.74, 6) is -2.35. The summed E-state index contributed by atoms with van der Waals surface area (Å²) in [6.45, 7) is -0.0584. The summed E-state index contributed by atoms with van der Waals surface area (Å²) in [4.78, 5) is 15.3. The molecule has 3 aliphatic heterocycles. The lowest BCUT2D eigenvalue weighted by atomic mass is 9.78. The smallest absolute Gasteiger partial charge is 0.283 e. The van der Waals surface area contributed by atoms with Gasteiger partial charge < -0.3 is 15.3 Å². The second-order valence-electron chi connectivity index (χ2n) is 9.75. The van der Waals surface area contributed by atoms with Crippen LogP contribution in [0.4, 0.5) is 4.39 Å². The summed E-state index contributed by atoms with van der Waals surface area (Å²) in [6, 6.07) is 3.58. The number of aliphatic hydroxyl groups excluding tert-OH is 1. The predicted octanol–water partition coefficient (Wildman–Crippen LogP) is 2.61. The van der Waals surface area contributed by atoms with Gasteiger partial charge in [-0.15, -0.1) is 16.2 Å². The molecular formula is C23H26ClFN4O6S3. The Hall–Kier alpha value is -2.13. The summed E-state index contributed by atoms with van der Waals surface area (Å²) in [7, 11) is -7.80. The lowest BCUT2D eigenvalue weighted by Crippen LogP contribution is -2.53. The average molecular weight is 605 g/mol. The van der Waals surface area contributed by atoms with Crippen LogP contribution in [0, 0.1) is 17.7 Å². The fourth-order valence-corrected chi connectivity index (χ4v) is 9.20. The van der Waals surface area contributed by atoms with Crippen LogP contribution in [-0.2, 0) is 31.4 Å². The van der Waals surface area contributed by atoms with Crippen molar-refractivity contribution < 1.29 is 31.1 Å². The van der Waals surface area contributed by atoms with Crippen LogP contribution in [0.3, 0.4) is 0 Å². The molecular weight excluding hydrogens is 579 g/mol. The third-order valence-electron chi connectivity index (χ3n) is 7.14. The van der Waals surface area contributed by atoms with E-state index in [1.165, 1.54) is 23.9 Å². The molecule has 15 heteroatoms. The number of sulfonamides is 2. The van der Waals surface area contributed by atoms with Gasteiger partial charge in [0.05, 0.1) is 11.3 Å². The molecule has 5 rings (SSSR count). The largest absolute Gasteiger partial charge is 0.511 e. The first-order chi connectivity index (χ1) is 17.9. The van der Waals surface area contributed by atoms with Crippen molar-refractivity contribution in [3.8, 4) is 0 Å². The number of amidine groups is 1. The maximum atomic E-state index is 13.8. The van der Waals surface area contributed by atoms with Gasteiger partial charge in [0.1, 0.15) is 22.1 Å². The van der Waals surface area contributed by atoms with E-state index in [4.69, 9.17) is 11.6 Å². The van der Waals surface area contributed by atoms with Crippen LogP contribution in [-0.4, -0.2) is 63.2 Å². The van der Waals surface area contributed by atoms with Gasteiger partial charge in [0.15, 0.2) is 5.84 Å². The quantitative estimate of drug-likeness (QED) is 0.449. The molecule has 3 N–H and O–H groups in total. The number of nitrogens with one attached hydrogen (secondary N) is 2. The number of nitrogens with zero attached hydrogens (tertiary/aromatic N) is 2. The topological polar surface area (TPSA) is 145 Å². The van der Waals surface area contributed by atoms with Gasteiger partial charge in [-0.3, -0.25) is 4.79 Å². The van der Waals surface area contributed by atoms with E-state index in [1.54, 1.807) is 4.90 Å². The Labute approximate surface area is 229 Å². The van der Waals surface area contributed by atoms with Crippen molar-refractivity contribution in [3.05, 3.63) is 55.9 Å². The summed E-state index contributed by atoms with van der Waals surface area (Å²) in [6.07, 6.45) is 3.92. The van der Waals surface area contributed by atoms with Gasteiger partial charge in [-0.1, -0.05) is 30.5 Å². The van der Waals surface area contributed by atoms with E-state index in [-0.39, 0.29) is 51.3 Å². The average Bonchev–Trinajstić information content (AvgIpc) is 3.25. The molecule has 206 valence electrons. The minimum Gasteiger partial charge on any atom is -0.511 e. The summed E-state index contributed by atoms with van der Waals surface area (Å²) in [5, 5.41) is 14.6.